The molecule has 8 nitrogen and oxygen atoms in total. The quantitative estimate of drug-likeness (QED) is 0.335. The van der Waals surface area contributed by atoms with Crippen LogP contribution in [-0.2, 0) is 17.7 Å². The molecule has 0 amide bonds. The van der Waals surface area contributed by atoms with Crippen molar-refractivity contribution in [3.8, 4) is 22.5 Å². The molecule has 0 atom stereocenters. The van der Waals surface area contributed by atoms with Crippen molar-refractivity contribution in [2.45, 2.75) is 26.8 Å². The molecular weight excluding hydrogens is 462 g/mol. The number of nitrogens with one attached hydrogen (secondary N) is 1. The predicted molar refractivity (Wildman–Crippen MR) is 136 cm³/mol. The molecule has 0 saturated heterocycles. The zero-order valence-corrected chi connectivity index (χ0v) is 20.1. The summed E-state index contributed by atoms with van der Waals surface area (Å²) in [4.78, 5) is 27.4. The van der Waals surface area contributed by atoms with E-state index in [0.29, 0.717) is 17.8 Å². The third-order valence-electron chi connectivity index (χ3n) is 5.79. The van der Waals surface area contributed by atoms with E-state index in [2.05, 4.69) is 39.7 Å². The number of hydrogen-bond donors (Lipinski definition) is 1. The maximum Gasteiger partial charge on any atom is 0.343 e. The van der Waals surface area contributed by atoms with Crippen molar-refractivity contribution in [3.05, 3.63) is 87.0 Å². The number of aromatic amines is 1. The number of aryl methyl sites for hydroxylation is 1. The molecule has 5 aromatic rings. The first kappa shape index (κ1) is 22.7. The summed E-state index contributed by atoms with van der Waals surface area (Å²) in [5.41, 5.74) is 3.78. The van der Waals surface area contributed by atoms with E-state index in [-0.39, 0.29) is 17.6 Å². The molecule has 5 rings (SSSR count). The Bertz CT molecular complexity index is 1550. The Morgan fingerprint density at radius 3 is 2.54 bits per heavy atom. The number of aromatic nitrogens is 5. The number of fused-ring (bicyclic) bond motifs is 1. The van der Waals surface area contributed by atoms with Crippen LogP contribution in [0.25, 0.3) is 32.7 Å². The van der Waals surface area contributed by atoms with Gasteiger partial charge >= 0.3 is 5.97 Å². The molecule has 0 unspecified atom stereocenters. The lowest BCUT2D eigenvalue weighted by Gasteiger charge is -2.12. The van der Waals surface area contributed by atoms with Gasteiger partial charge in [0.2, 0.25) is 5.43 Å². The molecule has 0 spiro atoms. The first-order valence-electron chi connectivity index (χ1n) is 11.3. The second-order valence-corrected chi connectivity index (χ2v) is 9.11. The van der Waals surface area contributed by atoms with E-state index >= 15 is 0 Å². The van der Waals surface area contributed by atoms with Crippen molar-refractivity contribution < 1.29 is 9.53 Å². The van der Waals surface area contributed by atoms with Gasteiger partial charge in [-0.05, 0) is 46.5 Å². The van der Waals surface area contributed by atoms with Gasteiger partial charge < -0.3 is 9.30 Å². The van der Waals surface area contributed by atoms with Crippen molar-refractivity contribution in [1.29, 1.82) is 0 Å². The lowest BCUT2D eigenvalue weighted by Crippen LogP contribution is -2.20. The van der Waals surface area contributed by atoms with E-state index in [4.69, 9.17) is 4.74 Å². The SMILES string of the molecule is CCOC(=O)c1cn(Cc2ccc(-c3ccccc3-c3nnn[nH]3)cc2)c2sc(CC)cc2c1=O. The molecule has 35 heavy (non-hydrogen) atoms. The van der Waals surface area contributed by atoms with Crippen molar-refractivity contribution in [1.82, 2.24) is 25.2 Å². The fourth-order valence-electron chi connectivity index (χ4n) is 4.07. The van der Waals surface area contributed by atoms with Gasteiger partial charge in [-0.25, -0.2) is 9.89 Å². The van der Waals surface area contributed by atoms with Crippen molar-refractivity contribution in [2.24, 2.45) is 0 Å². The van der Waals surface area contributed by atoms with Crippen LogP contribution in [0.3, 0.4) is 0 Å². The minimum Gasteiger partial charge on any atom is -0.462 e. The van der Waals surface area contributed by atoms with Gasteiger partial charge in [0.25, 0.3) is 0 Å². The lowest BCUT2D eigenvalue weighted by molar-refractivity contribution is 0.0524. The second kappa shape index (κ2) is 9.63. The number of rotatable bonds is 7. The number of esters is 1. The molecule has 0 fully saturated rings. The fraction of sp³-hybridized carbons (Fsp3) is 0.192. The van der Waals surface area contributed by atoms with E-state index < -0.39 is 5.97 Å². The third-order valence-corrected chi connectivity index (χ3v) is 7.10. The van der Waals surface area contributed by atoms with Crippen molar-refractivity contribution in [3.63, 3.8) is 0 Å². The molecule has 176 valence electrons. The zero-order valence-electron chi connectivity index (χ0n) is 19.3. The van der Waals surface area contributed by atoms with Crippen LogP contribution in [0.4, 0.5) is 0 Å². The number of nitrogens with zero attached hydrogens (tertiary/aromatic N) is 4. The largest absolute Gasteiger partial charge is 0.462 e. The number of H-pyrrole nitrogens is 1. The Hall–Kier alpha value is -4.11. The van der Waals surface area contributed by atoms with Gasteiger partial charge in [0.05, 0.1) is 12.0 Å². The molecule has 0 aliphatic heterocycles. The predicted octanol–water partition coefficient (Wildman–Crippen LogP) is 4.70. The van der Waals surface area contributed by atoms with Gasteiger partial charge in [-0.1, -0.05) is 55.5 Å². The smallest absolute Gasteiger partial charge is 0.343 e. The highest BCUT2D eigenvalue weighted by Crippen LogP contribution is 2.30. The Balaban J connectivity index is 1.52. The number of pyridine rings is 1. The van der Waals surface area contributed by atoms with Crippen molar-refractivity contribution in [2.75, 3.05) is 6.61 Å². The Morgan fingerprint density at radius 1 is 1.09 bits per heavy atom. The van der Waals surface area contributed by atoms with Crippen LogP contribution in [0.5, 0.6) is 0 Å². The minimum absolute atomic E-state index is 0.0611. The van der Waals surface area contributed by atoms with E-state index in [1.165, 1.54) is 0 Å². The monoisotopic (exact) mass is 485 g/mol. The van der Waals surface area contributed by atoms with Gasteiger partial charge in [-0.15, -0.1) is 16.4 Å². The first-order chi connectivity index (χ1) is 17.1. The lowest BCUT2D eigenvalue weighted by atomic mass is 9.98. The molecular formula is C26H23N5O3S. The topological polar surface area (TPSA) is 103 Å². The maximum absolute atomic E-state index is 13.0. The molecule has 0 bridgehead atoms. The molecule has 3 aromatic heterocycles. The normalized spacial score (nSPS) is 11.1. The highest BCUT2D eigenvalue weighted by molar-refractivity contribution is 7.18. The van der Waals surface area contributed by atoms with E-state index in [1.54, 1.807) is 24.5 Å². The zero-order chi connectivity index (χ0) is 24.4. The molecule has 2 aromatic carbocycles. The summed E-state index contributed by atoms with van der Waals surface area (Å²) in [5, 5.41) is 14.8. The van der Waals surface area contributed by atoms with Crippen LogP contribution in [0.2, 0.25) is 0 Å². The van der Waals surface area contributed by atoms with Crippen molar-refractivity contribution >= 4 is 27.5 Å². The number of ether oxygens (including phenoxy) is 1. The molecule has 0 radical (unpaired) electrons. The van der Waals surface area contributed by atoms with Crippen LogP contribution in [0.1, 0.15) is 34.6 Å². The second-order valence-electron chi connectivity index (χ2n) is 8.00. The Morgan fingerprint density at radius 2 is 1.86 bits per heavy atom. The van der Waals surface area contributed by atoms with E-state index in [0.717, 1.165) is 38.4 Å². The summed E-state index contributed by atoms with van der Waals surface area (Å²) in [5.74, 6) is 0.0162. The van der Waals surface area contributed by atoms with Gasteiger partial charge in [0.15, 0.2) is 5.82 Å². The van der Waals surface area contributed by atoms with Gasteiger partial charge in [-0.2, -0.15) is 0 Å². The number of thiophene rings is 1. The van der Waals surface area contributed by atoms with Crippen LogP contribution in [0.15, 0.2) is 65.6 Å². The first-order valence-corrected chi connectivity index (χ1v) is 12.2. The molecule has 9 heteroatoms. The fourth-order valence-corrected chi connectivity index (χ4v) is 5.14. The summed E-state index contributed by atoms with van der Waals surface area (Å²) < 4.78 is 7.11. The molecule has 0 aliphatic carbocycles. The summed E-state index contributed by atoms with van der Waals surface area (Å²) in [6.07, 6.45) is 2.45. The van der Waals surface area contributed by atoms with Gasteiger partial charge in [-0.3, -0.25) is 4.79 Å². The highest BCUT2D eigenvalue weighted by Gasteiger charge is 2.19. The average Bonchev–Trinajstić information content (AvgIpc) is 3.57. The van der Waals surface area contributed by atoms with Crippen LogP contribution >= 0.6 is 11.3 Å². The average molecular weight is 486 g/mol. The number of hydrogen-bond acceptors (Lipinski definition) is 7. The summed E-state index contributed by atoms with van der Waals surface area (Å²) in [6, 6.07) is 18.0. The minimum atomic E-state index is -0.591. The van der Waals surface area contributed by atoms with Crippen LogP contribution in [-0.4, -0.2) is 37.8 Å². The number of benzene rings is 2. The highest BCUT2D eigenvalue weighted by atomic mass is 32.1. The third kappa shape index (κ3) is 4.38. The van der Waals surface area contributed by atoms with Crippen LogP contribution < -0.4 is 5.43 Å². The molecule has 0 saturated carbocycles. The molecule has 1 N–H and O–H groups in total. The maximum atomic E-state index is 13.0. The standard InChI is InChI=1S/C26H23N5O3S/c1-3-18-13-21-23(32)22(26(33)34-4-2)15-31(25(21)35-18)14-16-9-11-17(12-10-16)19-7-5-6-8-20(19)24-27-29-30-28-24/h5-13,15H,3-4,14H2,1-2H3,(H,27,28,29,30). The number of tetrazole rings is 1. The summed E-state index contributed by atoms with van der Waals surface area (Å²) in [6.45, 7) is 4.51. The van der Waals surface area contributed by atoms with Gasteiger partial charge in [0.1, 0.15) is 10.4 Å². The van der Waals surface area contributed by atoms with E-state index in [9.17, 15) is 9.59 Å². The van der Waals surface area contributed by atoms with Gasteiger partial charge in [0, 0.05) is 23.2 Å². The number of carbonyl (C=O) groups excluding carboxylic acids is 1. The van der Waals surface area contributed by atoms with E-state index in [1.807, 2.05) is 47.0 Å². The Labute approximate surface area is 205 Å². The molecule has 3 heterocycles. The Kier molecular flexibility index (Phi) is 6.24. The van der Waals surface area contributed by atoms with Crippen LogP contribution in [0, 0.1) is 0 Å². The summed E-state index contributed by atoms with van der Waals surface area (Å²) >= 11 is 1.58. The summed E-state index contributed by atoms with van der Waals surface area (Å²) in [7, 11) is 0. The molecule has 0 aliphatic rings. The number of carbonyl (C=O) groups is 1.